The van der Waals surface area contributed by atoms with E-state index in [2.05, 4.69) is 29.0 Å². The minimum Gasteiger partial charge on any atom is -0.355 e. The number of nitrogens with zero attached hydrogens (tertiary/aromatic N) is 3. The van der Waals surface area contributed by atoms with Gasteiger partial charge in [-0.05, 0) is 32.0 Å². The maximum atomic E-state index is 12.7. The summed E-state index contributed by atoms with van der Waals surface area (Å²) in [5.41, 5.74) is -0.862. The van der Waals surface area contributed by atoms with Crippen LogP contribution in [0.1, 0.15) is 32.3 Å². The second kappa shape index (κ2) is 9.59. The zero-order valence-corrected chi connectivity index (χ0v) is 16.4. The van der Waals surface area contributed by atoms with Crippen molar-refractivity contribution in [1.29, 1.82) is 0 Å². The van der Waals surface area contributed by atoms with E-state index >= 15 is 0 Å². The molecule has 1 aliphatic heterocycles. The lowest BCUT2D eigenvalue weighted by Gasteiger charge is -2.32. The quantitative estimate of drug-likeness (QED) is 0.753. The van der Waals surface area contributed by atoms with Gasteiger partial charge in [-0.15, -0.1) is 0 Å². The number of hydrogen-bond acceptors (Lipinski definition) is 4. The second-order valence-corrected chi connectivity index (χ2v) is 7.01. The summed E-state index contributed by atoms with van der Waals surface area (Å²) in [6.45, 7) is 8.58. The minimum atomic E-state index is -4.47. The Morgan fingerprint density at radius 3 is 2.48 bits per heavy atom. The lowest BCUT2D eigenvalue weighted by molar-refractivity contribution is -0.137. The molecule has 0 saturated carbocycles. The Bertz CT molecular complexity index is 630. The number of pyridine rings is 1. The third-order valence-electron chi connectivity index (χ3n) is 4.94. The summed E-state index contributed by atoms with van der Waals surface area (Å²) in [4.78, 5) is 20.3. The smallest absolute Gasteiger partial charge is 0.355 e. The molecule has 1 N–H and O–H groups in total. The summed E-state index contributed by atoms with van der Waals surface area (Å²) in [5, 5.41) is 2.95. The fourth-order valence-electron chi connectivity index (χ4n) is 3.19. The highest BCUT2D eigenvalue weighted by molar-refractivity contribution is 6.33. The van der Waals surface area contributed by atoms with Crippen molar-refractivity contribution in [2.45, 2.75) is 32.9 Å². The third kappa shape index (κ3) is 5.97. The van der Waals surface area contributed by atoms with Crippen molar-refractivity contribution >= 4 is 23.3 Å². The number of carbonyl (C=O) groups is 1. The Morgan fingerprint density at radius 1 is 1.33 bits per heavy atom. The van der Waals surface area contributed by atoms with Crippen LogP contribution in [0, 0.1) is 5.92 Å². The number of halogens is 4. The Hall–Kier alpha value is -1.54. The minimum absolute atomic E-state index is 0.0213. The molecule has 27 heavy (non-hydrogen) atoms. The van der Waals surface area contributed by atoms with E-state index in [4.69, 9.17) is 11.6 Å². The molecule has 0 bridgehead atoms. The van der Waals surface area contributed by atoms with Gasteiger partial charge in [0.15, 0.2) is 0 Å². The molecule has 1 amide bonds. The lowest BCUT2D eigenvalue weighted by atomic mass is 9.96. The van der Waals surface area contributed by atoms with E-state index in [1.54, 1.807) is 0 Å². The standard InChI is InChI=1S/C18H26ClF3N4O/c1-3-25(4-2)10-7-23-17(27)13-5-8-26(9-6-13)16-15(19)11-14(12-24-16)18(20,21)22/h11-13H,3-10H2,1-2H3,(H,23,27). The van der Waals surface area contributed by atoms with Crippen molar-refractivity contribution in [1.82, 2.24) is 15.2 Å². The number of rotatable bonds is 7. The molecule has 1 saturated heterocycles. The molecular weight excluding hydrogens is 381 g/mol. The van der Waals surface area contributed by atoms with Gasteiger partial charge in [0.05, 0.1) is 10.6 Å². The molecule has 0 aromatic carbocycles. The first-order chi connectivity index (χ1) is 12.8. The van der Waals surface area contributed by atoms with Gasteiger partial charge >= 0.3 is 6.18 Å². The number of piperidine rings is 1. The number of aromatic nitrogens is 1. The molecular formula is C18H26ClF3N4O. The topological polar surface area (TPSA) is 48.5 Å². The summed E-state index contributed by atoms with van der Waals surface area (Å²) < 4.78 is 38.2. The van der Waals surface area contributed by atoms with Gasteiger partial charge < -0.3 is 15.1 Å². The van der Waals surface area contributed by atoms with Crippen LogP contribution >= 0.6 is 11.6 Å². The van der Waals surface area contributed by atoms with Gasteiger partial charge in [0.25, 0.3) is 0 Å². The molecule has 0 spiro atoms. The van der Waals surface area contributed by atoms with Gasteiger partial charge in [0.2, 0.25) is 5.91 Å². The van der Waals surface area contributed by atoms with Crippen LogP contribution in [0.3, 0.4) is 0 Å². The number of nitrogens with one attached hydrogen (secondary N) is 1. The van der Waals surface area contributed by atoms with Crippen LogP contribution in [-0.4, -0.2) is 55.1 Å². The van der Waals surface area contributed by atoms with Gasteiger partial charge in [0, 0.05) is 38.3 Å². The Balaban J connectivity index is 1.85. The van der Waals surface area contributed by atoms with Crippen molar-refractivity contribution < 1.29 is 18.0 Å². The maximum absolute atomic E-state index is 12.7. The number of amides is 1. The van der Waals surface area contributed by atoms with Crippen LogP contribution in [0.15, 0.2) is 12.3 Å². The molecule has 1 fully saturated rings. The van der Waals surface area contributed by atoms with Crippen molar-refractivity contribution in [3.63, 3.8) is 0 Å². The van der Waals surface area contributed by atoms with Gasteiger partial charge in [-0.3, -0.25) is 4.79 Å². The van der Waals surface area contributed by atoms with E-state index in [9.17, 15) is 18.0 Å². The van der Waals surface area contributed by atoms with E-state index in [0.29, 0.717) is 38.3 Å². The van der Waals surface area contributed by atoms with Gasteiger partial charge in [-0.25, -0.2) is 4.98 Å². The molecule has 0 atom stereocenters. The van der Waals surface area contributed by atoms with E-state index in [-0.39, 0.29) is 16.8 Å². The highest BCUT2D eigenvalue weighted by Gasteiger charge is 2.33. The van der Waals surface area contributed by atoms with Crippen molar-refractivity contribution in [3.05, 3.63) is 22.8 Å². The number of carbonyl (C=O) groups excluding carboxylic acids is 1. The van der Waals surface area contributed by atoms with Crippen LogP contribution < -0.4 is 10.2 Å². The SMILES string of the molecule is CCN(CC)CCNC(=O)C1CCN(c2ncc(C(F)(F)F)cc2Cl)CC1. The summed E-state index contributed by atoms with van der Waals surface area (Å²) >= 11 is 6.01. The normalized spacial score (nSPS) is 16.0. The summed E-state index contributed by atoms with van der Waals surface area (Å²) in [6.07, 6.45) is -2.43. The molecule has 9 heteroatoms. The Labute approximate surface area is 162 Å². The zero-order chi connectivity index (χ0) is 20.0. The van der Waals surface area contributed by atoms with Crippen LogP contribution in [0.5, 0.6) is 0 Å². The molecule has 0 radical (unpaired) electrons. The monoisotopic (exact) mass is 406 g/mol. The first-order valence-corrected chi connectivity index (χ1v) is 9.61. The summed E-state index contributed by atoms with van der Waals surface area (Å²) in [7, 11) is 0. The van der Waals surface area contributed by atoms with E-state index in [1.807, 2.05) is 4.90 Å². The highest BCUT2D eigenvalue weighted by atomic mass is 35.5. The first kappa shape index (κ1) is 21.8. The summed E-state index contributed by atoms with van der Waals surface area (Å²) in [6, 6.07) is 0.899. The molecule has 1 aromatic rings. The molecule has 2 rings (SSSR count). The second-order valence-electron chi connectivity index (χ2n) is 6.61. The average molecular weight is 407 g/mol. The fourth-order valence-corrected chi connectivity index (χ4v) is 3.48. The van der Waals surface area contributed by atoms with Gasteiger partial charge in [0.1, 0.15) is 5.82 Å². The molecule has 2 heterocycles. The van der Waals surface area contributed by atoms with Crippen LogP contribution in [-0.2, 0) is 11.0 Å². The Morgan fingerprint density at radius 2 is 1.96 bits per heavy atom. The van der Waals surface area contributed by atoms with Crippen LogP contribution in [0.2, 0.25) is 5.02 Å². The first-order valence-electron chi connectivity index (χ1n) is 9.24. The molecule has 0 aliphatic carbocycles. The molecule has 0 unspecified atom stereocenters. The van der Waals surface area contributed by atoms with Crippen molar-refractivity contribution in [3.8, 4) is 0 Å². The van der Waals surface area contributed by atoms with E-state index in [1.165, 1.54) is 0 Å². The highest BCUT2D eigenvalue weighted by Crippen LogP contribution is 2.34. The van der Waals surface area contributed by atoms with E-state index in [0.717, 1.165) is 31.9 Å². The Kier molecular flexibility index (Phi) is 7.73. The zero-order valence-electron chi connectivity index (χ0n) is 15.7. The lowest BCUT2D eigenvalue weighted by Crippen LogP contribution is -2.43. The molecule has 1 aromatic heterocycles. The van der Waals surface area contributed by atoms with Crippen molar-refractivity contribution in [2.24, 2.45) is 5.92 Å². The van der Waals surface area contributed by atoms with Gasteiger partial charge in [-0.2, -0.15) is 13.2 Å². The number of likely N-dealkylation sites (N-methyl/N-ethyl adjacent to an activating group) is 1. The van der Waals surface area contributed by atoms with Crippen molar-refractivity contribution in [2.75, 3.05) is 44.2 Å². The van der Waals surface area contributed by atoms with Gasteiger partial charge in [-0.1, -0.05) is 25.4 Å². The maximum Gasteiger partial charge on any atom is 0.417 e. The van der Waals surface area contributed by atoms with Crippen LogP contribution in [0.25, 0.3) is 0 Å². The average Bonchev–Trinajstić information content (AvgIpc) is 2.64. The fraction of sp³-hybridized carbons (Fsp3) is 0.667. The predicted octanol–water partition coefficient (Wildman–Crippen LogP) is 3.43. The van der Waals surface area contributed by atoms with E-state index < -0.39 is 11.7 Å². The largest absolute Gasteiger partial charge is 0.417 e. The van der Waals surface area contributed by atoms with Crippen LogP contribution in [0.4, 0.5) is 19.0 Å². The number of alkyl halides is 3. The number of anilines is 1. The molecule has 152 valence electrons. The predicted molar refractivity (Wildman–Crippen MR) is 100.0 cm³/mol. The number of hydrogen-bond donors (Lipinski definition) is 1. The molecule has 1 aliphatic rings. The third-order valence-corrected chi connectivity index (χ3v) is 5.21. The molecule has 5 nitrogen and oxygen atoms in total. The summed E-state index contributed by atoms with van der Waals surface area (Å²) in [5.74, 6) is 0.282.